The van der Waals surface area contributed by atoms with Crippen molar-refractivity contribution in [1.29, 1.82) is 0 Å². The highest BCUT2D eigenvalue weighted by atomic mass is 16.5. The lowest BCUT2D eigenvalue weighted by Gasteiger charge is -2.03. The lowest BCUT2D eigenvalue weighted by Crippen LogP contribution is -2.04. The highest BCUT2D eigenvalue weighted by Crippen LogP contribution is 2.20. The fraction of sp³-hybridized carbons (Fsp3) is 0.133. The Morgan fingerprint density at radius 1 is 1.30 bits per heavy atom. The van der Waals surface area contributed by atoms with Crippen molar-refractivity contribution in [2.24, 2.45) is 0 Å². The molecular formula is C15H13N3O2. The van der Waals surface area contributed by atoms with Gasteiger partial charge < -0.3 is 9.72 Å². The zero-order valence-electron chi connectivity index (χ0n) is 11.0. The Morgan fingerprint density at radius 2 is 2.20 bits per heavy atom. The third-order valence-electron chi connectivity index (χ3n) is 2.90. The number of hydrogen-bond donors (Lipinski definition) is 1. The fourth-order valence-corrected chi connectivity index (χ4v) is 1.99. The fourth-order valence-electron chi connectivity index (χ4n) is 1.99. The highest BCUT2D eigenvalue weighted by molar-refractivity contribution is 5.91. The maximum Gasteiger partial charge on any atom is 0.338 e. The van der Waals surface area contributed by atoms with Gasteiger partial charge in [0.1, 0.15) is 5.82 Å². The number of carbonyl (C=O) groups is 1. The quantitative estimate of drug-likeness (QED) is 0.741. The second-order valence-electron chi connectivity index (χ2n) is 4.26. The minimum Gasteiger partial charge on any atom is -0.462 e. The summed E-state index contributed by atoms with van der Waals surface area (Å²) in [5, 5.41) is 0. The first kappa shape index (κ1) is 12.3. The molecule has 2 aromatic heterocycles. The van der Waals surface area contributed by atoms with Crippen LogP contribution in [-0.4, -0.2) is 27.5 Å². The number of pyridine rings is 1. The van der Waals surface area contributed by atoms with Gasteiger partial charge in [-0.25, -0.2) is 14.8 Å². The van der Waals surface area contributed by atoms with E-state index in [9.17, 15) is 4.79 Å². The molecule has 0 bridgehead atoms. The number of esters is 1. The molecule has 0 fully saturated rings. The Labute approximate surface area is 115 Å². The van der Waals surface area contributed by atoms with Crippen molar-refractivity contribution in [3.8, 4) is 11.4 Å². The van der Waals surface area contributed by atoms with E-state index in [1.165, 1.54) is 0 Å². The molecule has 0 radical (unpaired) electrons. The van der Waals surface area contributed by atoms with Gasteiger partial charge in [0.2, 0.25) is 0 Å². The van der Waals surface area contributed by atoms with Crippen LogP contribution in [0.15, 0.2) is 42.6 Å². The molecule has 0 aliphatic rings. The first-order valence-corrected chi connectivity index (χ1v) is 6.36. The maximum atomic E-state index is 11.7. The molecule has 0 amide bonds. The number of aromatic nitrogens is 3. The third-order valence-corrected chi connectivity index (χ3v) is 2.90. The molecule has 3 rings (SSSR count). The van der Waals surface area contributed by atoms with Crippen LogP contribution in [0.1, 0.15) is 17.3 Å². The van der Waals surface area contributed by atoms with Crippen molar-refractivity contribution in [3.05, 3.63) is 48.2 Å². The summed E-state index contributed by atoms with van der Waals surface area (Å²) in [6.07, 6.45) is 1.70. The van der Waals surface area contributed by atoms with Crippen molar-refractivity contribution >= 4 is 17.1 Å². The van der Waals surface area contributed by atoms with Crippen LogP contribution in [0.3, 0.4) is 0 Å². The van der Waals surface area contributed by atoms with Crippen LogP contribution < -0.4 is 0 Å². The van der Waals surface area contributed by atoms with E-state index < -0.39 is 0 Å². The molecule has 0 spiro atoms. The Bertz CT molecular complexity index is 731. The number of H-pyrrole nitrogens is 1. The topological polar surface area (TPSA) is 67.9 Å². The molecular weight excluding hydrogens is 254 g/mol. The van der Waals surface area contributed by atoms with Crippen LogP contribution in [0.2, 0.25) is 0 Å². The van der Waals surface area contributed by atoms with Gasteiger partial charge in [0, 0.05) is 11.8 Å². The maximum absolute atomic E-state index is 11.7. The van der Waals surface area contributed by atoms with Crippen molar-refractivity contribution in [3.63, 3.8) is 0 Å². The van der Waals surface area contributed by atoms with Gasteiger partial charge in [-0.3, -0.25) is 0 Å². The zero-order chi connectivity index (χ0) is 13.9. The number of benzene rings is 1. The van der Waals surface area contributed by atoms with E-state index in [0.29, 0.717) is 23.6 Å². The molecule has 100 valence electrons. The molecule has 0 atom stereocenters. The van der Waals surface area contributed by atoms with Crippen molar-refractivity contribution in [1.82, 2.24) is 15.0 Å². The van der Waals surface area contributed by atoms with E-state index in [1.807, 2.05) is 24.3 Å². The van der Waals surface area contributed by atoms with Gasteiger partial charge in [0.15, 0.2) is 5.65 Å². The van der Waals surface area contributed by atoms with E-state index in [-0.39, 0.29) is 5.97 Å². The van der Waals surface area contributed by atoms with Gasteiger partial charge in [-0.2, -0.15) is 0 Å². The molecule has 3 aromatic rings. The first-order chi connectivity index (χ1) is 9.78. The lowest BCUT2D eigenvalue weighted by molar-refractivity contribution is 0.0526. The molecule has 0 saturated carbocycles. The summed E-state index contributed by atoms with van der Waals surface area (Å²) in [4.78, 5) is 23.5. The minimum absolute atomic E-state index is 0.330. The number of imidazole rings is 1. The molecule has 1 N–H and O–H groups in total. The predicted molar refractivity (Wildman–Crippen MR) is 75.3 cm³/mol. The van der Waals surface area contributed by atoms with Crippen molar-refractivity contribution in [2.75, 3.05) is 6.61 Å². The predicted octanol–water partition coefficient (Wildman–Crippen LogP) is 2.80. The van der Waals surface area contributed by atoms with Gasteiger partial charge in [-0.1, -0.05) is 12.1 Å². The summed E-state index contributed by atoms with van der Waals surface area (Å²) >= 11 is 0. The largest absolute Gasteiger partial charge is 0.462 e. The van der Waals surface area contributed by atoms with Crippen LogP contribution in [0.4, 0.5) is 0 Å². The summed E-state index contributed by atoms with van der Waals surface area (Å²) in [5.74, 6) is 0.355. The summed E-state index contributed by atoms with van der Waals surface area (Å²) < 4.78 is 5.00. The number of carbonyl (C=O) groups excluding carboxylic acids is 1. The van der Waals surface area contributed by atoms with Crippen LogP contribution >= 0.6 is 0 Å². The molecule has 5 heteroatoms. The van der Waals surface area contributed by atoms with E-state index in [1.54, 1.807) is 25.3 Å². The molecule has 5 nitrogen and oxygen atoms in total. The molecule has 1 aromatic carbocycles. The van der Waals surface area contributed by atoms with Crippen LogP contribution in [-0.2, 0) is 4.74 Å². The van der Waals surface area contributed by atoms with Crippen molar-refractivity contribution in [2.45, 2.75) is 6.92 Å². The second kappa shape index (κ2) is 5.13. The van der Waals surface area contributed by atoms with Gasteiger partial charge in [0.05, 0.1) is 17.7 Å². The summed E-state index contributed by atoms with van der Waals surface area (Å²) in [6, 6.07) is 10.9. The summed E-state index contributed by atoms with van der Waals surface area (Å²) in [6.45, 7) is 2.14. The van der Waals surface area contributed by atoms with E-state index in [4.69, 9.17) is 4.74 Å². The molecule has 0 unspecified atom stereocenters. The summed E-state index contributed by atoms with van der Waals surface area (Å²) in [5.41, 5.74) is 2.86. The average Bonchev–Trinajstić information content (AvgIpc) is 2.91. The number of nitrogens with zero attached hydrogens (tertiary/aromatic N) is 2. The Hall–Kier alpha value is -2.69. The Balaban J connectivity index is 2.01. The normalized spacial score (nSPS) is 10.7. The van der Waals surface area contributed by atoms with Gasteiger partial charge in [-0.15, -0.1) is 0 Å². The highest BCUT2D eigenvalue weighted by Gasteiger charge is 2.10. The van der Waals surface area contributed by atoms with Gasteiger partial charge in [-0.05, 0) is 31.2 Å². The van der Waals surface area contributed by atoms with Gasteiger partial charge >= 0.3 is 5.97 Å². The number of hydrogen-bond acceptors (Lipinski definition) is 4. The second-order valence-corrected chi connectivity index (χ2v) is 4.26. The number of nitrogens with one attached hydrogen (secondary N) is 1. The minimum atomic E-state index is -0.330. The number of ether oxygens (including phenoxy) is 1. The van der Waals surface area contributed by atoms with Crippen LogP contribution in [0.5, 0.6) is 0 Å². The number of aromatic amines is 1. The first-order valence-electron chi connectivity index (χ1n) is 6.36. The van der Waals surface area contributed by atoms with Crippen molar-refractivity contribution < 1.29 is 9.53 Å². The molecule has 0 aliphatic heterocycles. The van der Waals surface area contributed by atoms with E-state index >= 15 is 0 Å². The lowest BCUT2D eigenvalue weighted by atomic mass is 10.1. The molecule has 20 heavy (non-hydrogen) atoms. The number of fused-ring (bicyclic) bond motifs is 1. The Kier molecular flexibility index (Phi) is 3.16. The van der Waals surface area contributed by atoms with Crippen LogP contribution in [0.25, 0.3) is 22.6 Å². The molecule has 2 heterocycles. The smallest absolute Gasteiger partial charge is 0.338 e. The molecule has 0 saturated heterocycles. The standard InChI is InChI=1S/C15H13N3O2/c1-2-20-15(19)11-6-3-5-10(9-11)13-17-12-7-4-8-16-14(12)18-13/h3-9H,2H2,1H3,(H,16,17,18). The Morgan fingerprint density at radius 3 is 3.00 bits per heavy atom. The van der Waals surface area contributed by atoms with Crippen LogP contribution in [0, 0.1) is 0 Å². The van der Waals surface area contributed by atoms with E-state index in [2.05, 4.69) is 15.0 Å². The van der Waals surface area contributed by atoms with E-state index in [0.717, 1.165) is 11.1 Å². The average molecular weight is 267 g/mol. The summed E-state index contributed by atoms with van der Waals surface area (Å²) in [7, 11) is 0. The third kappa shape index (κ3) is 2.25. The SMILES string of the molecule is CCOC(=O)c1cccc(-c2nc3ncccc3[nH]2)c1. The monoisotopic (exact) mass is 267 g/mol. The molecule has 0 aliphatic carbocycles. The number of rotatable bonds is 3. The zero-order valence-corrected chi connectivity index (χ0v) is 11.0. The van der Waals surface area contributed by atoms with Gasteiger partial charge in [0.25, 0.3) is 0 Å².